The molecule has 1 N–H and O–H groups in total. The van der Waals surface area contributed by atoms with Gasteiger partial charge in [-0.05, 0) is 49.4 Å². The highest BCUT2D eigenvalue weighted by Crippen LogP contribution is 2.34. The third-order valence-corrected chi connectivity index (χ3v) is 4.48. The highest BCUT2D eigenvalue weighted by molar-refractivity contribution is 6.31. The normalized spacial score (nSPS) is 11.1. The summed E-state index contributed by atoms with van der Waals surface area (Å²) in [7, 11) is 0. The first-order valence-electron chi connectivity index (χ1n) is 9.59. The van der Waals surface area contributed by atoms with Gasteiger partial charge >= 0.3 is 12.1 Å². The summed E-state index contributed by atoms with van der Waals surface area (Å²) in [4.78, 5) is 32.1. The van der Waals surface area contributed by atoms with E-state index >= 15 is 0 Å². The van der Waals surface area contributed by atoms with E-state index in [-0.39, 0.29) is 40.9 Å². The number of pyridine rings is 2. The lowest BCUT2D eigenvalue weighted by Crippen LogP contribution is -2.18. The number of aromatic nitrogens is 2. The number of anilines is 1. The lowest BCUT2D eigenvalue weighted by Gasteiger charge is -2.11. The van der Waals surface area contributed by atoms with Crippen molar-refractivity contribution in [3.63, 3.8) is 0 Å². The van der Waals surface area contributed by atoms with Gasteiger partial charge in [-0.1, -0.05) is 11.6 Å². The zero-order valence-electron chi connectivity index (χ0n) is 17.1. The molecule has 0 aliphatic heterocycles. The molecule has 0 aliphatic rings. The van der Waals surface area contributed by atoms with Crippen molar-refractivity contribution in [2.24, 2.45) is 0 Å². The minimum atomic E-state index is -4.57. The van der Waals surface area contributed by atoms with Crippen molar-refractivity contribution in [2.45, 2.75) is 19.5 Å². The molecule has 0 bridgehead atoms. The van der Waals surface area contributed by atoms with E-state index in [1.54, 1.807) is 13.0 Å². The molecule has 0 atom stereocenters. The number of halogens is 4. The molecule has 0 radical (unpaired) electrons. The second-order valence-electron chi connectivity index (χ2n) is 6.57. The Hall–Kier alpha value is -3.66. The van der Waals surface area contributed by atoms with E-state index in [1.807, 2.05) is 0 Å². The van der Waals surface area contributed by atoms with E-state index in [4.69, 9.17) is 21.1 Å². The number of benzene rings is 1. The molecular formula is C22H17ClF3N3O4. The molecule has 0 aliphatic carbocycles. The van der Waals surface area contributed by atoms with Crippen molar-refractivity contribution in [2.75, 3.05) is 11.9 Å². The van der Waals surface area contributed by atoms with Crippen LogP contribution in [0.2, 0.25) is 5.02 Å². The average molecular weight is 480 g/mol. The van der Waals surface area contributed by atoms with Crippen LogP contribution < -0.4 is 10.1 Å². The van der Waals surface area contributed by atoms with Crippen molar-refractivity contribution in [1.29, 1.82) is 0 Å². The highest BCUT2D eigenvalue weighted by atomic mass is 35.5. The molecule has 1 aromatic carbocycles. The van der Waals surface area contributed by atoms with Crippen molar-refractivity contribution in [3.8, 4) is 11.6 Å². The standard InChI is InChI=1S/C22H17ClF3N3O4/c1-2-32-19(30)11-18-16(4-3-9-27-18)20(31)29-14-5-7-15(8-6-14)33-21-17(23)10-13(12-28-21)22(24,25)26/h3-10,12H,2,11H2,1H3,(H,29,31). The molecule has 0 unspecified atom stereocenters. The summed E-state index contributed by atoms with van der Waals surface area (Å²) in [6.45, 7) is 1.90. The molecule has 1 amide bonds. The van der Waals surface area contributed by atoms with Gasteiger partial charge in [-0.15, -0.1) is 0 Å². The molecule has 7 nitrogen and oxygen atoms in total. The molecule has 0 saturated heterocycles. The van der Waals surface area contributed by atoms with Gasteiger partial charge in [0.2, 0.25) is 5.88 Å². The molecule has 3 rings (SSSR count). The summed E-state index contributed by atoms with van der Waals surface area (Å²) < 4.78 is 48.5. The van der Waals surface area contributed by atoms with E-state index in [2.05, 4.69) is 15.3 Å². The summed E-state index contributed by atoms with van der Waals surface area (Å²) in [6.07, 6.45) is -2.62. The molecule has 172 valence electrons. The SMILES string of the molecule is CCOC(=O)Cc1ncccc1C(=O)Nc1ccc(Oc2ncc(C(F)(F)F)cc2Cl)cc1. The second kappa shape index (κ2) is 10.3. The number of nitrogens with zero attached hydrogens (tertiary/aromatic N) is 2. The summed E-state index contributed by atoms with van der Waals surface area (Å²) in [5.41, 5.74) is -0.0940. The number of ether oxygens (including phenoxy) is 2. The minimum Gasteiger partial charge on any atom is -0.466 e. The van der Waals surface area contributed by atoms with Gasteiger partial charge in [0.1, 0.15) is 10.8 Å². The van der Waals surface area contributed by atoms with Gasteiger partial charge in [-0.25, -0.2) is 4.98 Å². The number of nitrogens with one attached hydrogen (secondary N) is 1. The maximum absolute atomic E-state index is 12.7. The van der Waals surface area contributed by atoms with Crippen molar-refractivity contribution in [3.05, 3.63) is 76.7 Å². The fourth-order valence-electron chi connectivity index (χ4n) is 2.71. The van der Waals surface area contributed by atoms with E-state index in [9.17, 15) is 22.8 Å². The maximum Gasteiger partial charge on any atom is 0.417 e. The molecular weight excluding hydrogens is 463 g/mol. The Labute approximate surface area is 191 Å². The average Bonchev–Trinajstić information content (AvgIpc) is 2.76. The lowest BCUT2D eigenvalue weighted by atomic mass is 10.1. The number of hydrogen-bond donors (Lipinski definition) is 1. The number of rotatable bonds is 7. The summed E-state index contributed by atoms with van der Waals surface area (Å²) in [5, 5.41) is 2.38. The van der Waals surface area contributed by atoms with Gasteiger partial charge in [-0.3, -0.25) is 14.6 Å². The zero-order valence-corrected chi connectivity index (χ0v) is 17.9. The monoisotopic (exact) mass is 479 g/mol. The topological polar surface area (TPSA) is 90.4 Å². The predicted molar refractivity (Wildman–Crippen MR) is 113 cm³/mol. The van der Waals surface area contributed by atoms with Crippen molar-refractivity contribution >= 4 is 29.2 Å². The van der Waals surface area contributed by atoms with Crippen LogP contribution in [-0.2, 0) is 22.1 Å². The van der Waals surface area contributed by atoms with Crippen LogP contribution in [0.1, 0.15) is 28.5 Å². The third kappa shape index (κ3) is 6.42. The van der Waals surface area contributed by atoms with Gasteiger partial charge < -0.3 is 14.8 Å². The van der Waals surface area contributed by atoms with Crippen LogP contribution in [0.3, 0.4) is 0 Å². The number of carbonyl (C=O) groups is 2. The molecule has 3 aromatic rings. The zero-order chi connectivity index (χ0) is 24.0. The molecule has 0 fully saturated rings. The Bertz CT molecular complexity index is 1150. The Kier molecular flexibility index (Phi) is 7.49. The van der Waals surface area contributed by atoms with Crippen LogP contribution in [0.5, 0.6) is 11.6 Å². The molecule has 2 heterocycles. The summed E-state index contributed by atoms with van der Waals surface area (Å²) >= 11 is 5.84. The Morgan fingerprint density at radius 2 is 1.85 bits per heavy atom. The van der Waals surface area contributed by atoms with Crippen molar-refractivity contribution < 1.29 is 32.2 Å². The molecule has 33 heavy (non-hydrogen) atoms. The number of esters is 1. The molecule has 2 aromatic heterocycles. The predicted octanol–water partition coefficient (Wildman–Crippen LogP) is 5.30. The first-order chi connectivity index (χ1) is 15.7. The van der Waals surface area contributed by atoms with E-state index in [0.29, 0.717) is 11.9 Å². The number of alkyl halides is 3. The van der Waals surface area contributed by atoms with Crippen LogP contribution in [0, 0.1) is 0 Å². The highest BCUT2D eigenvalue weighted by Gasteiger charge is 2.31. The fraction of sp³-hybridized carbons (Fsp3) is 0.182. The number of amides is 1. The lowest BCUT2D eigenvalue weighted by molar-refractivity contribution is -0.142. The largest absolute Gasteiger partial charge is 0.466 e. The first-order valence-corrected chi connectivity index (χ1v) is 9.96. The number of hydrogen-bond acceptors (Lipinski definition) is 6. The molecule has 0 spiro atoms. The van der Waals surface area contributed by atoms with Gasteiger partial charge in [0.15, 0.2) is 0 Å². The quantitative estimate of drug-likeness (QED) is 0.462. The van der Waals surface area contributed by atoms with Crippen LogP contribution in [0.15, 0.2) is 54.9 Å². The summed E-state index contributed by atoms with van der Waals surface area (Å²) in [6, 6.07) is 9.83. The minimum absolute atomic E-state index is 0.148. The maximum atomic E-state index is 12.7. The van der Waals surface area contributed by atoms with Gasteiger partial charge in [-0.2, -0.15) is 13.2 Å². The first kappa shape index (κ1) is 24.0. The Morgan fingerprint density at radius 3 is 2.48 bits per heavy atom. The van der Waals surface area contributed by atoms with Crippen molar-refractivity contribution in [1.82, 2.24) is 9.97 Å². The third-order valence-electron chi connectivity index (χ3n) is 4.21. The smallest absolute Gasteiger partial charge is 0.417 e. The van der Waals surface area contributed by atoms with E-state index in [0.717, 1.165) is 6.07 Å². The number of carbonyl (C=O) groups excluding carboxylic acids is 2. The van der Waals surface area contributed by atoms with Crippen LogP contribution in [0.25, 0.3) is 0 Å². The molecule has 11 heteroatoms. The molecule has 0 saturated carbocycles. The van der Waals surface area contributed by atoms with Crippen LogP contribution in [-0.4, -0.2) is 28.5 Å². The van der Waals surface area contributed by atoms with E-state index in [1.165, 1.54) is 36.5 Å². The Morgan fingerprint density at radius 1 is 1.12 bits per heavy atom. The van der Waals surface area contributed by atoms with Gasteiger partial charge in [0, 0.05) is 18.1 Å². The summed E-state index contributed by atoms with van der Waals surface area (Å²) in [5.74, 6) is -0.933. The van der Waals surface area contributed by atoms with Gasteiger partial charge in [0.05, 0.1) is 29.8 Å². The Balaban J connectivity index is 1.68. The fourth-order valence-corrected chi connectivity index (χ4v) is 2.91. The van der Waals surface area contributed by atoms with E-state index < -0.39 is 23.6 Å². The van der Waals surface area contributed by atoms with Crippen LogP contribution in [0.4, 0.5) is 18.9 Å². The van der Waals surface area contributed by atoms with Gasteiger partial charge in [0.25, 0.3) is 5.91 Å². The second-order valence-corrected chi connectivity index (χ2v) is 6.98. The van der Waals surface area contributed by atoms with Crippen LogP contribution >= 0.6 is 11.6 Å².